The Morgan fingerprint density at radius 2 is 1.90 bits per heavy atom. The molecule has 4 N–H and O–H groups in total. The van der Waals surface area contributed by atoms with Crippen LogP contribution in [-0.2, 0) is 9.59 Å². The maximum absolute atomic E-state index is 11.1. The molecule has 0 aromatic carbocycles. The summed E-state index contributed by atoms with van der Waals surface area (Å²) in [6.07, 6.45) is 12.0. The van der Waals surface area contributed by atoms with E-state index >= 15 is 0 Å². The fourth-order valence-corrected chi connectivity index (χ4v) is 3.57. The van der Waals surface area contributed by atoms with Gasteiger partial charge < -0.3 is 16.2 Å². The van der Waals surface area contributed by atoms with Gasteiger partial charge in [0.2, 0.25) is 5.91 Å². The molecule has 21 heavy (non-hydrogen) atoms. The number of carbonyl (C=O) groups excluding carboxylic acids is 1. The molecule has 0 aromatic rings. The SMILES string of the molecule is C#C.C1CSSC1.CCCCC(=O)NCC[C@H](N)C(=O)O. The van der Waals surface area contributed by atoms with Crippen molar-refractivity contribution in [2.75, 3.05) is 18.1 Å². The first-order valence-electron chi connectivity index (χ1n) is 6.90. The first-order valence-corrected chi connectivity index (χ1v) is 9.39. The van der Waals surface area contributed by atoms with Gasteiger partial charge in [0.05, 0.1) is 0 Å². The number of carboxylic acid groups (broad SMARTS) is 1. The number of nitrogens with two attached hydrogens (primary N) is 1. The van der Waals surface area contributed by atoms with Gasteiger partial charge in [0.25, 0.3) is 0 Å². The Labute approximate surface area is 135 Å². The van der Waals surface area contributed by atoms with Crippen LogP contribution in [0.1, 0.15) is 39.0 Å². The Morgan fingerprint density at radius 3 is 2.29 bits per heavy atom. The second-order valence-corrected chi connectivity index (χ2v) is 6.89. The van der Waals surface area contributed by atoms with Gasteiger partial charge in [-0.2, -0.15) is 0 Å². The average molecular weight is 335 g/mol. The monoisotopic (exact) mass is 334 g/mol. The molecule has 5 nitrogen and oxygen atoms in total. The maximum atomic E-state index is 11.1. The van der Waals surface area contributed by atoms with Gasteiger partial charge in [-0.1, -0.05) is 34.9 Å². The molecular formula is C14H26N2O3S2. The lowest BCUT2D eigenvalue weighted by Crippen LogP contribution is -2.35. The zero-order chi connectivity index (χ0) is 16.5. The minimum absolute atomic E-state index is 0.0376. The number of unbranched alkanes of at least 4 members (excludes halogenated alkanes) is 1. The molecule has 1 aliphatic rings. The van der Waals surface area contributed by atoms with E-state index < -0.39 is 12.0 Å². The fraction of sp³-hybridized carbons (Fsp3) is 0.714. The van der Waals surface area contributed by atoms with E-state index in [9.17, 15) is 9.59 Å². The van der Waals surface area contributed by atoms with Crippen LogP contribution >= 0.6 is 21.6 Å². The second kappa shape index (κ2) is 17.2. The van der Waals surface area contributed by atoms with Crippen molar-refractivity contribution in [3.8, 4) is 12.8 Å². The number of hydrogen-bond acceptors (Lipinski definition) is 5. The summed E-state index contributed by atoms with van der Waals surface area (Å²) >= 11 is 0. The highest BCUT2D eigenvalue weighted by Gasteiger charge is 2.10. The molecule has 7 heteroatoms. The van der Waals surface area contributed by atoms with Crippen molar-refractivity contribution < 1.29 is 14.7 Å². The van der Waals surface area contributed by atoms with Gasteiger partial charge in [0.1, 0.15) is 6.04 Å². The Kier molecular flexibility index (Phi) is 18.4. The minimum Gasteiger partial charge on any atom is -0.480 e. The third-order valence-electron chi connectivity index (χ3n) is 2.39. The molecule has 1 rings (SSSR count). The third-order valence-corrected chi connectivity index (χ3v) is 4.97. The summed E-state index contributed by atoms with van der Waals surface area (Å²) < 4.78 is 0. The first kappa shape index (κ1) is 22.4. The van der Waals surface area contributed by atoms with Crippen LogP contribution in [0.4, 0.5) is 0 Å². The maximum Gasteiger partial charge on any atom is 0.320 e. The zero-order valence-corrected chi connectivity index (χ0v) is 14.2. The normalized spacial score (nSPS) is 13.9. The highest BCUT2D eigenvalue weighted by molar-refractivity contribution is 8.77. The van der Waals surface area contributed by atoms with Crippen molar-refractivity contribution in [3.63, 3.8) is 0 Å². The Morgan fingerprint density at radius 1 is 1.33 bits per heavy atom. The number of rotatable bonds is 7. The molecule has 1 aliphatic heterocycles. The van der Waals surface area contributed by atoms with E-state index in [4.69, 9.17) is 10.8 Å². The highest BCUT2D eigenvalue weighted by atomic mass is 33.1. The number of nitrogens with one attached hydrogen (secondary N) is 1. The van der Waals surface area contributed by atoms with Crippen molar-refractivity contribution in [2.24, 2.45) is 5.73 Å². The van der Waals surface area contributed by atoms with Crippen LogP contribution in [0.3, 0.4) is 0 Å². The summed E-state index contributed by atoms with van der Waals surface area (Å²) in [5.41, 5.74) is 5.25. The van der Waals surface area contributed by atoms with Crippen LogP contribution in [0.25, 0.3) is 0 Å². The van der Waals surface area contributed by atoms with Crippen molar-refractivity contribution >= 4 is 33.5 Å². The van der Waals surface area contributed by atoms with Gasteiger partial charge in [0, 0.05) is 24.5 Å². The molecule has 0 spiro atoms. The number of hydrogen-bond donors (Lipinski definition) is 3. The molecule has 1 saturated heterocycles. The lowest BCUT2D eigenvalue weighted by atomic mass is 10.2. The van der Waals surface area contributed by atoms with E-state index in [0.717, 1.165) is 12.8 Å². The summed E-state index contributed by atoms with van der Waals surface area (Å²) in [5.74, 6) is 1.69. The van der Waals surface area contributed by atoms with Crippen LogP contribution in [0, 0.1) is 12.8 Å². The van der Waals surface area contributed by atoms with E-state index in [1.807, 2.05) is 28.5 Å². The van der Waals surface area contributed by atoms with Crippen molar-refractivity contribution in [1.82, 2.24) is 5.32 Å². The molecule has 1 atom stereocenters. The first-order chi connectivity index (χ1) is 10.1. The number of amides is 1. The summed E-state index contributed by atoms with van der Waals surface area (Å²) in [5, 5.41) is 11.1. The summed E-state index contributed by atoms with van der Waals surface area (Å²) in [4.78, 5) is 21.4. The van der Waals surface area contributed by atoms with Gasteiger partial charge in [-0.3, -0.25) is 9.59 Å². The van der Waals surface area contributed by atoms with E-state index in [0.29, 0.717) is 13.0 Å². The Hall–Kier alpha value is -0.840. The largest absolute Gasteiger partial charge is 0.480 e. The van der Waals surface area contributed by atoms with Crippen LogP contribution in [0.5, 0.6) is 0 Å². The summed E-state index contributed by atoms with van der Waals surface area (Å²) in [7, 11) is 3.98. The fourth-order valence-electron chi connectivity index (χ4n) is 1.21. The topological polar surface area (TPSA) is 92.4 Å². The van der Waals surface area contributed by atoms with E-state index in [1.165, 1.54) is 17.9 Å². The zero-order valence-electron chi connectivity index (χ0n) is 12.5. The number of carbonyl (C=O) groups is 2. The van der Waals surface area contributed by atoms with Gasteiger partial charge in [0.15, 0.2) is 0 Å². The van der Waals surface area contributed by atoms with E-state index in [1.54, 1.807) is 0 Å². The predicted octanol–water partition coefficient (Wildman–Crippen LogP) is 2.12. The lowest BCUT2D eigenvalue weighted by molar-refractivity contribution is -0.138. The van der Waals surface area contributed by atoms with Crippen LogP contribution in [-0.4, -0.2) is 41.1 Å². The molecule has 0 aliphatic carbocycles. The highest BCUT2D eigenvalue weighted by Crippen LogP contribution is 2.29. The molecule has 1 amide bonds. The Balaban J connectivity index is 0. The Bertz CT molecular complexity index is 288. The van der Waals surface area contributed by atoms with Gasteiger partial charge >= 0.3 is 5.97 Å². The predicted molar refractivity (Wildman–Crippen MR) is 92.2 cm³/mol. The van der Waals surface area contributed by atoms with Gasteiger partial charge in [-0.25, -0.2) is 0 Å². The molecule has 1 fully saturated rings. The quantitative estimate of drug-likeness (QED) is 0.488. The molecule has 0 radical (unpaired) electrons. The molecule has 122 valence electrons. The number of terminal acetylenes is 1. The second-order valence-electron chi connectivity index (χ2n) is 4.18. The lowest BCUT2D eigenvalue weighted by Gasteiger charge is -2.07. The standard InChI is InChI=1S/C9H18N2O3.C3H6S2.C2H2/c1-2-3-4-8(12)11-6-5-7(10)9(13)14;1-2-4-5-3-1;1-2/h7H,2-6,10H2,1H3,(H,11,12)(H,13,14);1-3H2;1-2H/t7-;;/m0../s1. The molecular weight excluding hydrogens is 308 g/mol. The molecule has 0 saturated carbocycles. The van der Waals surface area contributed by atoms with Crippen molar-refractivity contribution in [3.05, 3.63) is 0 Å². The van der Waals surface area contributed by atoms with Gasteiger partial charge in [-0.15, -0.1) is 12.8 Å². The van der Waals surface area contributed by atoms with Crippen LogP contribution in [0.15, 0.2) is 0 Å². The minimum atomic E-state index is -1.03. The smallest absolute Gasteiger partial charge is 0.320 e. The molecule has 0 bridgehead atoms. The average Bonchev–Trinajstić information content (AvgIpc) is 3.06. The van der Waals surface area contributed by atoms with Crippen molar-refractivity contribution in [1.29, 1.82) is 0 Å². The number of carboxylic acids is 1. The van der Waals surface area contributed by atoms with Gasteiger partial charge in [-0.05, 0) is 19.3 Å². The molecule has 0 unspecified atom stereocenters. The summed E-state index contributed by atoms with van der Waals surface area (Å²) in [6.45, 7) is 2.34. The van der Waals surface area contributed by atoms with E-state index in [2.05, 4.69) is 18.2 Å². The number of aliphatic carboxylic acids is 1. The van der Waals surface area contributed by atoms with E-state index in [-0.39, 0.29) is 12.3 Å². The van der Waals surface area contributed by atoms with Crippen molar-refractivity contribution in [2.45, 2.75) is 45.1 Å². The molecule has 0 aromatic heterocycles. The summed E-state index contributed by atoms with van der Waals surface area (Å²) in [6, 6.07) is -0.888. The molecule has 1 heterocycles. The van der Waals surface area contributed by atoms with Crippen LogP contribution in [0.2, 0.25) is 0 Å². The van der Waals surface area contributed by atoms with Crippen LogP contribution < -0.4 is 11.1 Å². The third kappa shape index (κ3) is 17.1.